The fraction of sp³-hybridized carbons (Fsp3) is 0.250. The SMILES string of the molecule is CN(C)S(=O)(=O)c1c[c]ccc1. The molecule has 0 N–H and O–H groups in total. The van der Waals surface area contributed by atoms with Gasteiger partial charge in [-0.3, -0.25) is 0 Å². The van der Waals surface area contributed by atoms with Crippen molar-refractivity contribution >= 4 is 10.0 Å². The summed E-state index contributed by atoms with van der Waals surface area (Å²) in [5.41, 5.74) is 0. The molecule has 12 heavy (non-hydrogen) atoms. The third-order valence-corrected chi connectivity index (χ3v) is 3.27. The summed E-state index contributed by atoms with van der Waals surface area (Å²) in [6, 6.07) is 9.03. The van der Waals surface area contributed by atoms with Gasteiger partial charge in [0.1, 0.15) is 0 Å². The van der Waals surface area contributed by atoms with Gasteiger partial charge < -0.3 is 0 Å². The molecule has 0 aliphatic heterocycles. The smallest absolute Gasteiger partial charge is 0.207 e. The fourth-order valence-electron chi connectivity index (χ4n) is 0.748. The third-order valence-electron chi connectivity index (χ3n) is 1.46. The monoisotopic (exact) mass is 184 g/mol. The number of rotatable bonds is 2. The predicted molar refractivity (Wildman–Crippen MR) is 46.2 cm³/mol. The highest BCUT2D eigenvalue weighted by Gasteiger charge is 2.15. The molecule has 1 radical (unpaired) electrons. The number of hydrogen-bond acceptors (Lipinski definition) is 2. The molecule has 4 heteroatoms. The highest BCUT2D eigenvalue weighted by Crippen LogP contribution is 2.10. The second kappa shape index (κ2) is 3.25. The van der Waals surface area contributed by atoms with Crippen LogP contribution in [0.25, 0.3) is 0 Å². The van der Waals surface area contributed by atoms with E-state index >= 15 is 0 Å². The first kappa shape index (κ1) is 9.22. The van der Waals surface area contributed by atoms with Crippen molar-refractivity contribution < 1.29 is 8.42 Å². The van der Waals surface area contributed by atoms with Crippen molar-refractivity contribution in [2.45, 2.75) is 4.90 Å². The molecule has 0 aliphatic rings. The van der Waals surface area contributed by atoms with Crippen LogP contribution in [-0.2, 0) is 10.0 Å². The first-order chi connectivity index (χ1) is 5.55. The molecule has 0 heterocycles. The van der Waals surface area contributed by atoms with Crippen LogP contribution in [0, 0.1) is 6.07 Å². The van der Waals surface area contributed by atoms with Crippen LogP contribution < -0.4 is 0 Å². The molecule has 0 fully saturated rings. The maximum Gasteiger partial charge on any atom is 0.242 e. The second-order valence-corrected chi connectivity index (χ2v) is 4.68. The van der Waals surface area contributed by atoms with Crippen LogP contribution in [-0.4, -0.2) is 26.8 Å². The summed E-state index contributed by atoms with van der Waals surface area (Å²) in [6.07, 6.45) is 0. The van der Waals surface area contributed by atoms with Gasteiger partial charge in [0.05, 0.1) is 4.90 Å². The minimum Gasteiger partial charge on any atom is -0.207 e. The molecule has 0 saturated heterocycles. The van der Waals surface area contributed by atoms with Crippen LogP contribution in [0.4, 0.5) is 0 Å². The summed E-state index contributed by atoms with van der Waals surface area (Å²) in [5.74, 6) is 0. The number of nitrogens with zero attached hydrogens (tertiary/aromatic N) is 1. The standard InChI is InChI=1S/C8H10NO2S/c1-9(2)12(10,11)8-6-4-3-5-7-8/h3-4,6-7H,1-2H3. The normalized spacial score (nSPS) is 11.9. The maximum atomic E-state index is 11.4. The van der Waals surface area contributed by atoms with E-state index in [1.807, 2.05) is 0 Å². The largest absolute Gasteiger partial charge is 0.242 e. The average molecular weight is 184 g/mol. The summed E-state index contributed by atoms with van der Waals surface area (Å²) in [7, 11) is -0.270. The van der Waals surface area contributed by atoms with Gasteiger partial charge in [-0.1, -0.05) is 12.1 Å². The van der Waals surface area contributed by atoms with Crippen molar-refractivity contribution in [3.8, 4) is 0 Å². The highest BCUT2D eigenvalue weighted by atomic mass is 32.2. The van der Waals surface area contributed by atoms with E-state index in [2.05, 4.69) is 6.07 Å². The summed E-state index contributed by atoms with van der Waals surface area (Å²) < 4.78 is 24.1. The van der Waals surface area contributed by atoms with Gasteiger partial charge in [0, 0.05) is 14.1 Å². The van der Waals surface area contributed by atoms with Crippen LogP contribution >= 0.6 is 0 Å². The average Bonchev–Trinajstić information content (AvgIpc) is 2.06. The molecule has 0 bridgehead atoms. The zero-order valence-electron chi connectivity index (χ0n) is 6.98. The Morgan fingerprint density at radius 1 is 1.42 bits per heavy atom. The van der Waals surface area contributed by atoms with Crippen molar-refractivity contribution in [2.24, 2.45) is 0 Å². The lowest BCUT2D eigenvalue weighted by atomic mass is 10.4. The topological polar surface area (TPSA) is 37.4 Å². The summed E-state index contributed by atoms with van der Waals surface area (Å²) in [4.78, 5) is 0.273. The summed E-state index contributed by atoms with van der Waals surface area (Å²) in [5, 5.41) is 0. The van der Waals surface area contributed by atoms with Crippen molar-refractivity contribution in [1.29, 1.82) is 0 Å². The molecular weight excluding hydrogens is 174 g/mol. The molecular formula is C8H10NO2S. The zero-order valence-corrected chi connectivity index (χ0v) is 7.80. The van der Waals surface area contributed by atoms with Gasteiger partial charge in [-0.25, -0.2) is 12.7 Å². The fourth-order valence-corrected chi connectivity index (χ4v) is 1.64. The van der Waals surface area contributed by atoms with E-state index < -0.39 is 10.0 Å². The number of benzene rings is 1. The molecule has 0 aromatic heterocycles. The lowest BCUT2D eigenvalue weighted by Crippen LogP contribution is -2.21. The lowest BCUT2D eigenvalue weighted by Gasteiger charge is -2.10. The van der Waals surface area contributed by atoms with Crippen LogP contribution in [0.15, 0.2) is 29.2 Å². The van der Waals surface area contributed by atoms with Gasteiger partial charge in [-0.05, 0) is 18.2 Å². The molecule has 0 atom stereocenters. The van der Waals surface area contributed by atoms with Gasteiger partial charge in [-0.15, -0.1) is 0 Å². The second-order valence-electron chi connectivity index (χ2n) is 2.53. The van der Waals surface area contributed by atoms with E-state index in [9.17, 15) is 8.42 Å². The molecule has 1 aromatic carbocycles. The van der Waals surface area contributed by atoms with E-state index in [4.69, 9.17) is 0 Å². The van der Waals surface area contributed by atoms with Gasteiger partial charge in [0.15, 0.2) is 0 Å². The Morgan fingerprint density at radius 3 is 2.50 bits per heavy atom. The Balaban J connectivity index is 3.17. The van der Waals surface area contributed by atoms with E-state index in [1.54, 1.807) is 18.2 Å². The molecule has 0 unspecified atom stereocenters. The van der Waals surface area contributed by atoms with Gasteiger partial charge in [-0.2, -0.15) is 0 Å². The highest BCUT2D eigenvalue weighted by molar-refractivity contribution is 7.89. The summed E-state index contributed by atoms with van der Waals surface area (Å²) >= 11 is 0. The number of sulfonamides is 1. The Bertz CT molecular complexity index is 343. The first-order valence-electron chi connectivity index (χ1n) is 3.44. The zero-order chi connectivity index (χ0) is 9.19. The molecule has 0 aliphatic carbocycles. The molecule has 3 nitrogen and oxygen atoms in total. The van der Waals surface area contributed by atoms with E-state index in [1.165, 1.54) is 24.5 Å². The molecule has 0 amide bonds. The quantitative estimate of drug-likeness (QED) is 0.679. The minimum atomic E-state index is -3.27. The first-order valence-corrected chi connectivity index (χ1v) is 4.88. The number of hydrogen-bond donors (Lipinski definition) is 0. The molecule has 0 spiro atoms. The van der Waals surface area contributed by atoms with Crippen LogP contribution in [0.3, 0.4) is 0 Å². The molecule has 65 valence electrons. The Morgan fingerprint density at radius 2 is 2.08 bits per heavy atom. The lowest BCUT2D eigenvalue weighted by molar-refractivity contribution is 0.521. The minimum absolute atomic E-state index is 0.273. The van der Waals surface area contributed by atoms with E-state index in [0.717, 1.165) is 0 Å². The van der Waals surface area contributed by atoms with Gasteiger partial charge in [0.2, 0.25) is 10.0 Å². The Labute approximate surface area is 72.7 Å². The van der Waals surface area contributed by atoms with Crippen LogP contribution in [0.1, 0.15) is 0 Å². The van der Waals surface area contributed by atoms with Crippen molar-refractivity contribution in [2.75, 3.05) is 14.1 Å². The summed E-state index contributed by atoms with van der Waals surface area (Å²) in [6.45, 7) is 0. The van der Waals surface area contributed by atoms with Gasteiger partial charge >= 0.3 is 0 Å². The van der Waals surface area contributed by atoms with Crippen LogP contribution in [0.5, 0.6) is 0 Å². The van der Waals surface area contributed by atoms with E-state index in [-0.39, 0.29) is 4.90 Å². The van der Waals surface area contributed by atoms with Crippen LogP contribution in [0.2, 0.25) is 0 Å². The molecule has 0 saturated carbocycles. The Hall–Kier alpha value is -0.870. The molecule has 1 aromatic rings. The van der Waals surface area contributed by atoms with Gasteiger partial charge in [0.25, 0.3) is 0 Å². The maximum absolute atomic E-state index is 11.4. The van der Waals surface area contributed by atoms with Crippen molar-refractivity contribution in [1.82, 2.24) is 4.31 Å². The molecule has 1 rings (SSSR count). The van der Waals surface area contributed by atoms with Crippen molar-refractivity contribution in [3.63, 3.8) is 0 Å². The Kier molecular flexibility index (Phi) is 2.49. The van der Waals surface area contributed by atoms with Crippen molar-refractivity contribution in [3.05, 3.63) is 30.3 Å². The van der Waals surface area contributed by atoms with E-state index in [0.29, 0.717) is 0 Å². The third kappa shape index (κ3) is 1.65. The predicted octanol–water partition coefficient (Wildman–Crippen LogP) is 0.737.